The molecule has 0 saturated carbocycles. The second-order valence-corrected chi connectivity index (χ2v) is 3.19. The molecule has 0 bridgehead atoms. The van der Waals surface area contributed by atoms with Gasteiger partial charge in [-0.05, 0) is 0 Å². The van der Waals surface area contributed by atoms with Crippen LogP contribution < -0.4 is 17.0 Å². The molecule has 0 unspecified atom stereocenters. The zero-order valence-corrected chi connectivity index (χ0v) is 7.99. The molecule has 0 aromatic carbocycles. The van der Waals surface area contributed by atoms with E-state index in [1.54, 1.807) is 0 Å². The number of H-pyrrole nitrogens is 1. The van der Waals surface area contributed by atoms with Crippen LogP contribution in [0.2, 0.25) is 5.02 Å². The molecular weight excluding hydrogens is 210 g/mol. The maximum absolute atomic E-state index is 11.1. The molecule has 7 heteroatoms. The standard InChI is InChI=1S/C7H10ClN3O3/c8-5-3-11(2-4(12)1-9)7(14)10-6(5)13/h3-4,12H,1-2,9H2,(H,10,13,14)/t4-/m0/s1. The highest BCUT2D eigenvalue weighted by molar-refractivity contribution is 6.30. The Morgan fingerprint density at radius 2 is 2.29 bits per heavy atom. The summed E-state index contributed by atoms with van der Waals surface area (Å²) in [5, 5.41) is 9.07. The molecule has 1 aromatic heterocycles. The molecule has 0 fully saturated rings. The quantitative estimate of drug-likeness (QED) is 0.577. The Bertz CT molecular complexity index is 425. The van der Waals surface area contributed by atoms with Crippen molar-refractivity contribution in [3.05, 3.63) is 32.1 Å². The van der Waals surface area contributed by atoms with Crippen molar-refractivity contribution in [3.8, 4) is 0 Å². The van der Waals surface area contributed by atoms with Crippen molar-refractivity contribution in [1.29, 1.82) is 0 Å². The summed E-state index contributed by atoms with van der Waals surface area (Å²) >= 11 is 5.50. The second kappa shape index (κ2) is 4.41. The van der Waals surface area contributed by atoms with Crippen molar-refractivity contribution < 1.29 is 5.11 Å². The van der Waals surface area contributed by atoms with Crippen molar-refractivity contribution in [3.63, 3.8) is 0 Å². The van der Waals surface area contributed by atoms with Crippen molar-refractivity contribution in [2.24, 2.45) is 5.73 Å². The molecule has 0 aliphatic rings. The van der Waals surface area contributed by atoms with Crippen molar-refractivity contribution >= 4 is 11.6 Å². The van der Waals surface area contributed by atoms with E-state index < -0.39 is 17.4 Å². The van der Waals surface area contributed by atoms with Gasteiger partial charge in [-0.3, -0.25) is 14.3 Å². The Hall–Kier alpha value is -1.11. The lowest BCUT2D eigenvalue weighted by Crippen LogP contribution is -2.35. The van der Waals surface area contributed by atoms with Crippen molar-refractivity contribution in [2.45, 2.75) is 12.6 Å². The van der Waals surface area contributed by atoms with Crippen LogP contribution in [-0.2, 0) is 6.54 Å². The van der Waals surface area contributed by atoms with E-state index in [0.29, 0.717) is 0 Å². The van der Waals surface area contributed by atoms with Gasteiger partial charge in [0.2, 0.25) is 0 Å². The van der Waals surface area contributed by atoms with Crippen molar-refractivity contribution in [1.82, 2.24) is 9.55 Å². The van der Waals surface area contributed by atoms with Crippen LogP contribution in [0.4, 0.5) is 0 Å². The molecule has 0 aliphatic carbocycles. The lowest BCUT2D eigenvalue weighted by atomic mass is 10.3. The van der Waals surface area contributed by atoms with Gasteiger partial charge in [0, 0.05) is 12.7 Å². The Morgan fingerprint density at radius 3 is 2.86 bits per heavy atom. The number of aliphatic hydroxyl groups excluding tert-OH is 1. The van der Waals surface area contributed by atoms with E-state index in [1.165, 1.54) is 6.20 Å². The number of nitrogens with two attached hydrogens (primary N) is 1. The maximum atomic E-state index is 11.1. The summed E-state index contributed by atoms with van der Waals surface area (Å²) in [7, 11) is 0. The van der Waals surface area contributed by atoms with Gasteiger partial charge in [-0.15, -0.1) is 0 Å². The molecule has 4 N–H and O–H groups in total. The molecule has 6 nitrogen and oxygen atoms in total. The molecule has 1 aromatic rings. The largest absolute Gasteiger partial charge is 0.390 e. The second-order valence-electron chi connectivity index (χ2n) is 2.78. The van der Waals surface area contributed by atoms with Crippen LogP contribution in [0.3, 0.4) is 0 Å². The van der Waals surface area contributed by atoms with Crippen LogP contribution in [0.15, 0.2) is 15.8 Å². The molecule has 78 valence electrons. The molecule has 1 atom stereocenters. The highest BCUT2D eigenvalue weighted by atomic mass is 35.5. The first-order valence-corrected chi connectivity index (χ1v) is 4.29. The summed E-state index contributed by atoms with van der Waals surface area (Å²) in [5.74, 6) is 0. The Balaban J connectivity index is 3.04. The average molecular weight is 220 g/mol. The first-order chi connectivity index (χ1) is 6.54. The fourth-order valence-electron chi connectivity index (χ4n) is 0.920. The van der Waals surface area contributed by atoms with E-state index in [2.05, 4.69) is 0 Å². The normalized spacial score (nSPS) is 12.8. The predicted octanol–water partition coefficient (Wildman–Crippen LogP) is -1.49. The van der Waals surface area contributed by atoms with Gasteiger partial charge in [-0.25, -0.2) is 4.79 Å². The molecule has 0 aliphatic heterocycles. The summed E-state index contributed by atoms with van der Waals surface area (Å²) in [6.07, 6.45) is 0.330. The average Bonchev–Trinajstić information content (AvgIpc) is 2.14. The van der Waals surface area contributed by atoms with Crippen LogP contribution in [0.1, 0.15) is 0 Å². The molecule has 14 heavy (non-hydrogen) atoms. The first kappa shape index (κ1) is 11.0. The third kappa shape index (κ3) is 2.44. The van der Waals surface area contributed by atoms with E-state index in [4.69, 9.17) is 17.3 Å². The fourth-order valence-corrected chi connectivity index (χ4v) is 1.08. The minimum Gasteiger partial charge on any atom is -0.390 e. The fraction of sp³-hybridized carbons (Fsp3) is 0.429. The number of nitrogens with zero attached hydrogens (tertiary/aromatic N) is 1. The highest BCUT2D eigenvalue weighted by Crippen LogP contribution is 1.96. The van der Waals surface area contributed by atoms with E-state index in [0.717, 1.165) is 4.57 Å². The molecular formula is C7H10ClN3O3. The van der Waals surface area contributed by atoms with E-state index >= 15 is 0 Å². The molecule has 1 rings (SSSR count). The maximum Gasteiger partial charge on any atom is 0.328 e. The summed E-state index contributed by atoms with van der Waals surface area (Å²) in [6, 6.07) is 0. The minimum absolute atomic E-state index is 0.00579. The van der Waals surface area contributed by atoms with Gasteiger partial charge in [0.25, 0.3) is 5.56 Å². The molecule has 0 amide bonds. The monoisotopic (exact) mass is 219 g/mol. The van der Waals surface area contributed by atoms with Gasteiger partial charge >= 0.3 is 5.69 Å². The summed E-state index contributed by atoms with van der Waals surface area (Å²) in [6.45, 7) is 0.0367. The molecule has 0 saturated heterocycles. The number of nitrogens with one attached hydrogen (secondary N) is 1. The van der Waals surface area contributed by atoms with Crippen LogP contribution in [0, 0.1) is 0 Å². The zero-order valence-electron chi connectivity index (χ0n) is 7.24. The molecule has 0 spiro atoms. The Morgan fingerprint density at radius 1 is 1.64 bits per heavy atom. The van der Waals surface area contributed by atoms with Gasteiger partial charge in [-0.1, -0.05) is 11.6 Å². The van der Waals surface area contributed by atoms with Crippen LogP contribution >= 0.6 is 11.6 Å². The number of aliphatic hydroxyl groups is 1. The lowest BCUT2D eigenvalue weighted by Gasteiger charge is -2.09. The Labute approximate surface area is 83.9 Å². The SMILES string of the molecule is NC[C@H](O)Cn1cc(Cl)c(=O)[nH]c1=O. The third-order valence-electron chi connectivity index (χ3n) is 1.65. The number of hydrogen-bond acceptors (Lipinski definition) is 4. The van der Waals surface area contributed by atoms with E-state index in [9.17, 15) is 14.7 Å². The lowest BCUT2D eigenvalue weighted by molar-refractivity contribution is 0.160. The first-order valence-electron chi connectivity index (χ1n) is 3.92. The van der Waals surface area contributed by atoms with Crippen LogP contribution in [0.5, 0.6) is 0 Å². The zero-order chi connectivity index (χ0) is 10.7. The third-order valence-corrected chi connectivity index (χ3v) is 1.92. The summed E-state index contributed by atoms with van der Waals surface area (Å²) in [5.41, 5.74) is 3.91. The van der Waals surface area contributed by atoms with Gasteiger partial charge in [0.1, 0.15) is 5.02 Å². The van der Waals surface area contributed by atoms with Crippen LogP contribution in [0.25, 0.3) is 0 Å². The number of halogens is 1. The number of aromatic amines is 1. The van der Waals surface area contributed by atoms with E-state index in [1.807, 2.05) is 4.98 Å². The summed E-state index contributed by atoms with van der Waals surface area (Å²) in [4.78, 5) is 24.0. The Kier molecular flexibility index (Phi) is 3.45. The molecule has 1 heterocycles. The minimum atomic E-state index is -0.838. The molecule has 0 radical (unpaired) electrons. The van der Waals surface area contributed by atoms with Gasteiger partial charge in [0.05, 0.1) is 12.6 Å². The summed E-state index contributed by atoms with van der Waals surface area (Å²) < 4.78 is 1.10. The van der Waals surface area contributed by atoms with Gasteiger partial charge in [-0.2, -0.15) is 0 Å². The number of aromatic nitrogens is 2. The number of rotatable bonds is 3. The van der Waals surface area contributed by atoms with E-state index in [-0.39, 0.29) is 18.1 Å². The smallest absolute Gasteiger partial charge is 0.328 e. The highest BCUT2D eigenvalue weighted by Gasteiger charge is 2.06. The predicted molar refractivity (Wildman–Crippen MR) is 51.4 cm³/mol. The number of hydrogen-bond donors (Lipinski definition) is 3. The van der Waals surface area contributed by atoms with Gasteiger partial charge in [0.15, 0.2) is 0 Å². The van der Waals surface area contributed by atoms with Gasteiger partial charge < -0.3 is 10.8 Å². The van der Waals surface area contributed by atoms with Crippen LogP contribution in [-0.4, -0.2) is 27.3 Å². The van der Waals surface area contributed by atoms with Crippen molar-refractivity contribution in [2.75, 3.05) is 6.54 Å². The topological polar surface area (TPSA) is 101 Å².